The predicted molar refractivity (Wildman–Crippen MR) is 276 cm³/mol. The number of rotatable bonds is 10. The summed E-state index contributed by atoms with van der Waals surface area (Å²) in [5.74, 6) is -2.76. The summed E-state index contributed by atoms with van der Waals surface area (Å²) < 4.78 is 67.9. The quantitative estimate of drug-likeness (QED) is 0.0766. The smallest absolute Gasteiger partial charge is 0.158 e. The maximum absolute atomic E-state index is 17.3. The van der Waals surface area contributed by atoms with E-state index in [1.54, 1.807) is 9.80 Å². The lowest BCUT2D eigenvalue weighted by Gasteiger charge is -2.31. The summed E-state index contributed by atoms with van der Waals surface area (Å²) in [6.45, 7) is 13.6. The molecule has 10 aromatic carbocycles. The fourth-order valence-corrected chi connectivity index (χ4v) is 11.7. The number of anilines is 6. The Hall–Kier alpha value is -7.01. The zero-order valence-electron chi connectivity index (χ0n) is 37.7. The van der Waals surface area contributed by atoms with Gasteiger partial charge in [-0.05, 0) is 93.3 Å². The topological polar surface area (TPSA) is 6.48 Å². The van der Waals surface area contributed by atoms with Gasteiger partial charge in [0.15, 0.2) is 11.6 Å². The van der Waals surface area contributed by atoms with Gasteiger partial charge in [-0.25, -0.2) is 17.6 Å². The van der Waals surface area contributed by atoms with Gasteiger partial charge in [0.25, 0.3) is 0 Å². The first-order chi connectivity index (χ1) is 31.7. The van der Waals surface area contributed by atoms with E-state index in [9.17, 15) is 0 Å². The summed E-state index contributed by atoms with van der Waals surface area (Å²) in [5, 5.41) is 7.50. The largest absolute Gasteiger partial charge is 0.305 e. The maximum Gasteiger partial charge on any atom is 0.158 e. The molecule has 0 saturated heterocycles. The molecule has 0 amide bonds. The van der Waals surface area contributed by atoms with Gasteiger partial charge in [-0.3, -0.25) is 0 Å². The second kappa shape index (κ2) is 16.5. The molecule has 0 radical (unpaired) electrons. The van der Waals surface area contributed by atoms with Crippen LogP contribution in [0.25, 0.3) is 54.6 Å². The van der Waals surface area contributed by atoms with E-state index in [0.717, 1.165) is 32.3 Å². The fraction of sp³-hybridized carbons (Fsp3) is 0.103. The molecule has 0 fully saturated rings. The average Bonchev–Trinajstić information content (AvgIpc) is 3.31. The second-order valence-electron chi connectivity index (χ2n) is 19.1. The Labute approximate surface area is 385 Å². The van der Waals surface area contributed by atoms with Crippen molar-refractivity contribution in [3.63, 3.8) is 0 Å². The third kappa shape index (κ3) is 7.44. The van der Waals surface area contributed by atoms with Crippen LogP contribution in [0, 0.1) is 23.3 Å². The Morgan fingerprint density at radius 2 is 0.697 bits per heavy atom. The molecule has 0 aromatic heterocycles. The van der Waals surface area contributed by atoms with Crippen LogP contribution in [0.5, 0.6) is 0 Å². The Morgan fingerprint density at radius 1 is 0.348 bits per heavy atom. The van der Waals surface area contributed by atoms with Gasteiger partial charge in [0.05, 0.1) is 27.5 Å². The van der Waals surface area contributed by atoms with Crippen LogP contribution in [0.15, 0.2) is 182 Å². The van der Waals surface area contributed by atoms with Crippen molar-refractivity contribution in [2.24, 2.45) is 0 Å². The van der Waals surface area contributed by atoms with Gasteiger partial charge < -0.3 is 9.80 Å². The highest BCUT2D eigenvalue weighted by atomic mass is 28.3. The Morgan fingerprint density at radius 3 is 1.05 bits per heavy atom. The summed E-state index contributed by atoms with van der Waals surface area (Å²) in [6, 6.07) is 56.0. The first-order valence-electron chi connectivity index (χ1n) is 22.3. The van der Waals surface area contributed by atoms with Crippen LogP contribution >= 0.6 is 0 Å². The van der Waals surface area contributed by atoms with E-state index in [4.69, 9.17) is 0 Å². The van der Waals surface area contributed by atoms with Gasteiger partial charge in [-0.15, -0.1) is 0 Å². The Balaban J connectivity index is 1.24. The molecule has 0 aliphatic heterocycles. The van der Waals surface area contributed by atoms with Crippen molar-refractivity contribution in [1.29, 1.82) is 0 Å². The van der Waals surface area contributed by atoms with Gasteiger partial charge in [0.2, 0.25) is 0 Å². The third-order valence-corrected chi connectivity index (χ3v) is 17.0. The first-order valence-corrected chi connectivity index (χ1v) is 29.3. The molecule has 2 nitrogen and oxygen atoms in total. The molecular formula is C58H48F4N2Si2. The van der Waals surface area contributed by atoms with Crippen molar-refractivity contribution in [1.82, 2.24) is 0 Å². The lowest BCUT2D eigenvalue weighted by molar-refractivity contribution is 0.587. The van der Waals surface area contributed by atoms with E-state index in [-0.39, 0.29) is 22.5 Å². The zero-order valence-corrected chi connectivity index (χ0v) is 39.7. The number of hydrogen-bond donors (Lipinski definition) is 0. The zero-order chi connectivity index (χ0) is 46.1. The van der Waals surface area contributed by atoms with Gasteiger partial charge in [-0.2, -0.15) is 0 Å². The van der Waals surface area contributed by atoms with E-state index in [1.165, 1.54) is 34.6 Å². The molecule has 0 bridgehead atoms. The van der Waals surface area contributed by atoms with Gasteiger partial charge >= 0.3 is 0 Å². The summed E-state index contributed by atoms with van der Waals surface area (Å²) >= 11 is 0. The first kappa shape index (κ1) is 42.9. The molecule has 10 rings (SSSR count). The van der Waals surface area contributed by atoms with Crippen LogP contribution < -0.4 is 20.2 Å². The highest BCUT2D eigenvalue weighted by molar-refractivity contribution is 6.89. The van der Waals surface area contributed by atoms with E-state index >= 15 is 17.6 Å². The van der Waals surface area contributed by atoms with Crippen molar-refractivity contribution in [3.8, 4) is 22.3 Å². The normalized spacial score (nSPS) is 12.1. The minimum absolute atomic E-state index is 0.190. The average molecular weight is 905 g/mol. The Bertz CT molecular complexity index is 3190. The number of benzene rings is 10. The van der Waals surface area contributed by atoms with Crippen LogP contribution in [-0.2, 0) is 0 Å². The van der Waals surface area contributed by atoms with Crippen molar-refractivity contribution in [2.45, 2.75) is 39.3 Å². The van der Waals surface area contributed by atoms with Gasteiger partial charge in [0.1, 0.15) is 23.0 Å². The van der Waals surface area contributed by atoms with Crippen molar-refractivity contribution in [2.75, 3.05) is 9.80 Å². The van der Waals surface area contributed by atoms with E-state index in [0.29, 0.717) is 33.9 Å². The molecule has 0 aliphatic carbocycles. The predicted octanol–water partition coefficient (Wildman–Crippen LogP) is 16.5. The van der Waals surface area contributed by atoms with Crippen molar-refractivity contribution < 1.29 is 17.6 Å². The highest BCUT2D eigenvalue weighted by Gasteiger charge is 2.30. The molecule has 66 heavy (non-hydrogen) atoms. The van der Waals surface area contributed by atoms with Crippen LogP contribution in [0.2, 0.25) is 39.3 Å². The fourth-order valence-electron chi connectivity index (χ4n) is 9.33. The highest BCUT2D eigenvalue weighted by Crippen LogP contribution is 2.50. The lowest BCUT2D eigenvalue weighted by Crippen LogP contribution is -2.37. The standard InChI is InChI=1S/C58H48F4N2Si2/c1-65(2,3)43-25-21-41(22-26-43)63(57-49(59)33-31-45(55(57)61)37-13-9-7-10-14-37)51-35-19-39-18-30-48-52(36-20-40-17-29-47(51)53(39)54(40)48)64(42-23-27-44(28-24-42)66(4,5)6)58-50(60)34-32-46(56(58)62)38-15-11-8-12-16-38/h7-36H,1-6H3. The van der Waals surface area contributed by atoms with E-state index in [1.807, 2.05) is 133 Å². The molecule has 0 N–H and O–H groups in total. The van der Waals surface area contributed by atoms with Gasteiger partial charge in [0, 0.05) is 33.3 Å². The van der Waals surface area contributed by atoms with Crippen LogP contribution in [0.4, 0.5) is 51.7 Å². The van der Waals surface area contributed by atoms with E-state index < -0.39 is 39.4 Å². The van der Waals surface area contributed by atoms with Crippen molar-refractivity contribution in [3.05, 3.63) is 205 Å². The van der Waals surface area contributed by atoms with Crippen LogP contribution in [0.3, 0.4) is 0 Å². The molecule has 8 heteroatoms. The SMILES string of the molecule is C[Si](C)(C)c1ccc(N(c2c(F)ccc(-c3ccccc3)c2F)c2ccc3ccc4c(N(c5ccc([Si](C)(C)C)cc5)c5c(F)ccc(-c6ccccc6)c5F)ccc5ccc2c3c54)cc1. The minimum Gasteiger partial charge on any atom is -0.305 e. The second-order valence-corrected chi connectivity index (χ2v) is 29.3. The molecule has 326 valence electrons. The molecule has 0 heterocycles. The third-order valence-electron chi connectivity index (χ3n) is 12.8. The van der Waals surface area contributed by atoms with Crippen LogP contribution in [0.1, 0.15) is 0 Å². The number of nitrogens with zero attached hydrogens (tertiary/aromatic N) is 2. The van der Waals surface area contributed by atoms with Crippen molar-refractivity contribution >= 4 is 93.0 Å². The molecule has 0 aliphatic rings. The van der Waals surface area contributed by atoms with Gasteiger partial charge in [-0.1, -0.05) is 171 Å². The molecule has 0 spiro atoms. The minimum atomic E-state index is -1.73. The van der Waals surface area contributed by atoms with E-state index in [2.05, 4.69) is 63.5 Å². The molecule has 0 saturated carbocycles. The lowest BCUT2D eigenvalue weighted by atomic mass is 9.91. The molecule has 10 aromatic rings. The number of hydrogen-bond acceptors (Lipinski definition) is 2. The number of halogens is 4. The Kier molecular flexibility index (Phi) is 10.7. The molecule has 0 atom stereocenters. The molecule has 0 unspecified atom stereocenters. The van der Waals surface area contributed by atoms with Crippen LogP contribution in [-0.4, -0.2) is 16.1 Å². The summed E-state index contributed by atoms with van der Waals surface area (Å²) in [7, 11) is -3.46. The summed E-state index contributed by atoms with van der Waals surface area (Å²) in [6.07, 6.45) is 0. The monoisotopic (exact) mass is 904 g/mol. The maximum atomic E-state index is 17.3. The summed E-state index contributed by atoms with van der Waals surface area (Å²) in [5.41, 5.74) is 3.83. The summed E-state index contributed by atoms with van der Waals surface area (Å²) in [4.78, 5) is 3.40. The molecular weight excluding hydrogens is 857 g/mol.